The Balaban J connectivity index is 1.86. The summed E-state index contributed by atoms with van der Waals surface area (Å²) in [5.74, 6) is 0.0555. The molecule has 0 bridgehead atoms. The Morgan fingerprint density at radius 3 is 2.62 bits per heavy atom. The minimum atomic E-state index is -0.531. The van der Waals surface area contributed by atoms with Gasteiger partial charge in [0.2, 0.25) is 5.91 Å². The van der Waals surface area contributed by atoms with E-state index in [0.717, 1.165) is 5.56 Å². The van der Waals surface area contributed by atoms with Gasteiger partial charge in [-0.2, -0.15) is 0 Å². The fraction of sp³-hybridized carbons (Fsp3) is 0.500. The van der Waals surface area contributed by atoms with Crippen molar-refractivity contribution in [1.82, 2.24) is 10.2 Å². The molecule has 1 heterocycles. The van der Waals surface area contributed by atoms with Gasteiger partial charge < -0.3 is 15.0 Å². The van der Waals surface area contributed by atoms with Gasteiger partial charge in [0.15, 0.2) is 0 Å². The van der Waals surface area contributed by atoms with E-state index in [1.54, 1.807) is 4.90 Å². The van der Waals surface area contributed by atoms with Crippen LogP contribution in [-0.4, -0.2) is 35.1 Å². The Hall–Kier alpha value is -2.04. The second-order valence-corrected chi connectivity index (χ2v) is 6.31. The number of hydrogen-bond acceptors (Lipinski definition) is 3. The fourth-order valence-electron chi connectivity index (χ4n) is 2.30. The molecule has 2 amide bonds. The van der Waals surface area contributed by atoms with Crippen molar-refractivity contribution in [2.24, 2.45) is 0 Å². The zero-order valence-electron chi connectivity index (χ0n) is 12.8. The molecule has 0 unspecified atom stereocenters. The van der Waals surface area contributed by atoms with Crippen molar-refractivity contribution in [2.75, 3.05) is 6.54 Å². The molecule has 0 aliphatic carbocycles. The maximum absolute atomic E-state index is 12.0. The van der Waals surface area contributed by atoms with Gasteiger partial charge >= 0.3 is 6.09 Å². The Kier molecular flexibility index (Phi) is 4.50. The molecule has 1 atom stereocenters. The highest BCUT2D eigenvalue weighted by molar-refractivity contribution is 5.80. The first-order chi connectivity index (χ1) is 9.83. The SMILES string of the molecule is CC(C)(C)OC(=O)N[C@@H]1CC(=O)N(Cc2ccccc2)C1. The van der Waals surface area contributed by atoms with Crippen LogP contribution in [0.5, 0.6) is 0 Å². The molecule has 114 valence electrons. The number of ether oxygens (including phenoxy) is 1. The van der Waals surface area contributed by atoms with Crippen LogP contribution in [0.2, 0.25) is 0 Å². The third-order valence-electron chi connectivity index (χ3n) is 3.15. The number of nitrogens with one attached hydrogen (secondary N) is 1. The van der Waals surface area contributed by atoms with Gasteiger partial charge in [-0.25, -0.2) is 4.79 Å². The maximum atomic E-state index is 12.0. The molecule has 0 aromatic heterocycles. The molecule has 5 heteroatoms. The second-order valence-electron chi connectivity index (χ2n) is 6.31. The molecule has 1 aromatic rings. The number of amides is 2. The molecule has 1 aromatic carbocycles. The van der Waals surface area contributed by atoms with E-state index in [4.69, 9.17) is 4.74 Å². The Bertz CT molecular complexity index is 508. The first-order valence-electron chi connectivity index (χ1n) is 7.15. The summed E-state index contributed by atoms with van der Waals surface area (Å²) in [5, 5.41) is 2.76. The molecule has 0 radical (unpaired) electrons. The lowest BCUT2D eigenvalue weighted by Gasteiger charge is -2.22. The number of nitrogens with zero attached hydrogens (tertiary/aromatic N) is 1. The van der Waals surface area contributed by atoms with Crippen molar-refractivity contribution in [3.63, 3.8) is 0 Å². The zero-order chi connectivity index (χ0) is 15.5. The number of benzene rings is 1. The second kappa shape index (κ2) is 6.16. The average molecular weight is 290 g/mol. The van der Waals surface area contributed by atoms with E-state index in [9.17, 15) is 9.59 Å². The highest BCUT2D eigenvalue weighted by Gasteiger charge is 2.31. The number of carbonyl (C=O) groups is 2. The molecular formula is C16H22N2O3. The largest absolute Gasteiger partial charge is 0.444 e. The topological polar surface area (TPSA) is 58.6 Å². The molecule has 0 saturated carbocycles. The van der Waals surface area contributed by atoms with Crippen LogP contribution in [0.3, 0.4) is 0 Å². The molecule has 1 aliphatic rings. The first kappa shape index (κ1) is 15.4. The Morgan fingerprint density at radius 1 is 1.33 bits per heavy atom. The highest BCUT2D eigenvalue weighted by atomic mass is 16.6. The van der Waals surface area contributed by atoms with Gasteiger partial charge in [-0.05, 0) is 26.3 Å². The van der Waals surface area contributed by atoms with Gasteiger partial charge in [-0.3, -0.25) is 4.79 Å². The third kappa shape index (κ3) is 4.77. The molecule has 2 rings (SSSR count). The quantitative estimate of drug-likeness (QED) is 0.929. The lowest BCUT2D eigenvalue weighted by molar-refractivity contribution is -0.128. The molecule has 1 aliphatic heterocycles. The summed E-state index contributed by atoms with van der Waals surface area (Å²) in [4.78, 5) is 25.5. The standard InChI is InChI=1S/C16H22N2O3/c1-16(2,3)21-15(20)17-13-9-14(19)18(11-13)10-12-7-5-4-6-8-12/h4-8,13H,9-11H2,1-3H3,(H,17,20)/t13-/m1/s1. The summed E-state index contributed by atoms with van der Waals surface area (Å²) < 4.78 is 5.21. The highest BCUT2D eigenvalue weighted by Crippen LogP contribution is 2.16. The van der Waals surface area contributed by atoms with Crippen molar-refractivity contribution in [2.45, 2.75) is 45.4 Å². The van der Waals surface area contributed by atoms with Gasteiger partial charge in [0, 0.05) is 19.5 Å². The summed E-state index contributed by atoms with van der Waals surface area (Å²) in [6, 6.07) is 9.64. The van der Waals surface area contributed by atoms with E-state index in [2.05, 4.69) is 5.32 Å². The number of hydrogen-bond donors (Lipinski definition) is 1. The lowest BCUT2D eigenvalue weighted by Crippen LogP contribution is -2.40. The predicted molar refractivity (Wildman–Crippen MR) is 79.6 cm³/mol. The van der Waals surface area contributed by atoms with Gasteiger partial charge in [0.1, 0.15) is 5.60 Å². The number of alkyl carbamates (subject to hydrolysis) is 1. The predicted octanol–water partition coefficient (Wildman–Crippen LogP) is 2.31. The van der Waals surface area contributed by atoms with Gasteiger partial charge in [0.25, 0.3) is 0 Å². The van der Waals surface area contributed by atoms with E-state index < -0.39 is 11.7 Å². The molecule has 1 N–H and O–H groups in total. The van der Waals surface area contributed by atoms with Crippen molar-refractivity contribution >= 4 is 12.0 Å². The summed E-state index contributed by atoms with van der Waals surface area (Å²) in [7, 11) is 0. The number of carbonyl (C=O) groups excluding carboxylic acids is 2. The molecule has 1 fully saturated rings. The summed E-state index contributed by atoms with van der Waals surface area (Å²) in [6.45, 7) is 6.54. The van der Waals surface area contributed by atoms with Crippen molar-refractivity contribution < 1.29 is 14.3 Å². The Labute approximate surface area is 125 Å². The summed E-state index contributed by atoms with van der Waals surface area (Å²) >= 11 is 0. The number of likely N-dealkylation sites (tertiary alicyclic amines) is 1. The van der Waals surface area contributed by atoms with Gasteiger partial charge in [-0.15, -0.1) is 0 Å². The van der Waals surface area contributed by atoms with E-state index in [0.29, 0.717) is 19.5 Å². The first-order valence-corrected chi connectivity index (χ1v) is 7.15. The fourth-order valence-corrected chi connectivity index (χ4v) is 2.30. The van der Waals surface area contributed by atoms with E-state index in [1.165, 1.54) is 0 Å². The average Bonchev–Trinajstić information content (AvgIpc) is 2.68. The Morgan fingerprint density at radius 2 is 2.00 bits per heavy atom. The van der Waals surface area contributed by atoms with Crippen LogP contribution in [0.15, 0.2) is 30.3 Å². The minimum absolute atomic E-state index is 0.0555. The molecule has 0 spiro atoms. The van der Waals surface area contributed by atoms with Crippen LogP contribution in [0.4, 0.5) is 4.79 Å². The van der Waals surface area contributed by atoms with E-state index in [-0.39, 0.29) is 11.9 Å². The molecule has 21 heavy (non-hydrogen) atoms. The normalized spacial score (nSPS) is 18.7. The summed E-state index contributed by atoms with van der Waals surface area (Å²) in [5.41, 5.74) is 0.555. The molecule has 1 saturated heterocycles. The smallest absolute Gasteiger partial charge is 0.407 e. The van der Waals surface area contributed by atoms with Crippen molar-refractivity contribution in [3.05, 3.63) is 35.9 Å². The monoisotopic (exact) mass is 290 g/mol. The maximum Gasteiger partial charge on any atom is 0.407 e. The van der Waals surface area contributed by atoms with E-state index >= 15 is 0 Å². The van der Waals surface area contributed by atoms with Crippen LogP contribution < -0.4 is 5.32 Å². The molecular weight excluding hydrogens is 268 g/mol. The summed E-state index contributed by atoms with van der Waals surface area (Å²) in [6.07, 6.45) is -0.145. The van der Waals surface area contributed by atoms with Gasteiger partial charge in [-0.1, -0.05) is 30.3 Å². The van der Waals surface area contributed by atoms with Crippen molar-refractivity contribution in [1.29, 1.82) is 0 Å². The van der Waals surface area contributed by atoms with Gasteiger partial charge in [0.05, 0.1) is 6.04 Å². The lowest BCUT2D eigenvalue weighted by atomic mass is 10.2. The van der Waals surface area contributed by atoms with Crippen LogP contribution in [-0.2, 0) is 16.1 Å². The minimum Gasteiger partial charge on any atom is -0.444 e. The van der Waals surface area contributed by atoms with Crippen LogP contribution in [0.1, 0.15) is 32.8 Å². The number of rotatable bonds is 3. The molecule has 5 nitrogen and oxygen atoms in total. The third-order valence-corrected chi connectivity index (χ3v) is 3.15. The van der Waals surface area contributed by atoms with Crippen LogP contribution in [0, 0.1) is 0 Å². The zero-order valence-corrected chi connectivity index (χ0v) is 12.8. The van der Waals surface area contributed by atoms with Crippen LogP contribution >= 0.6 is 0 Å². The van der Waals surface area contributed by atoms with Crippen molar-refractivity contribution in [3.8, 4) is 0 Å². The van der Waals surface area contributed by atoms with Crippen LogP contribution in [0.25, 0.3) is 0 Å². The van der Waals surface area contributed by atoms with E-state index in [1.807, 2.05) is 51.1 Å².